The van der Waals surface area contributed by atoms with Gasteiger partial charge in [-0.05, 0) is 60.9 Å². The number of rotatable bonds is 7. The minimum Gasteiger partial charge on any atom is -0.497 e. The monoisotopic (exact) mass is 426 g/mol. The minimum absolute atomic E-state index is 0.0766. The Hall–Kier alpha value is -3.86. The van der Waals surface area contributed by atoms with Crippen molar-refractivity contribution in [2.24, 2.45) is 0 Å². The van der Waals surface area contributed by atoms with Crippen molar-refractivity contribution < 1.29 is 14.1 Å². The van der Waals surface area contributed by atoms with Crippen LogP contribution in [0.1, 0.15) is 32.7 Å². The summed E-state index contributed by atoms with van der Waals surface area (Å²) in [6.07, 6.45) is 0. The minimum atomic E-state index is -0.0766. The smallest absolute Gasteiger partial charge is 0.254 e. The molecule has 162 valence electrons. The summed E-state index contributed by atoms with van der Waals surface area (Å²) in [5, 5.41) is 4.24. The molecule has 0 aliphatic carbocycles. The molecule has 0 saturated heterocycles. The molecule has 0 aliphatic rings. The van der Waals surface area contributed by atoms with Crippen molar-refractivity contribution in [3.05, 3.63) is 107 Å². The molecule has 3 aromatic carbocycles. The van der Waals surface area contributed by atoms with Crippen LogP contribution in [0.15, 0.2) is 83.4 Å². The van der Waals surface area contributed by atoms with Crippen molar-refractivity contribution in [3.63, 3.8) is 0 Å². The normalized spacial score (nSPS) is 10.7. The van der Waals surface area contributed by atoms with Crippen LogP contribution in [0.5, 0.6) is 5.75 Å². The van der Waals surface area contributed by atoms with Crippen LogP contribution in [0.4, 0.5) is 0 Å². The van der Waals surface area contributed by atoms with Gasteiger partial charge >= 0.3 is 0 Å². The number of nitrogens with zero attached hydrogens (tertiary/aromatic N) is 2. The molecule has 0 radical (unpaired) electrons. The Kier molecular flexibility index (Phi) is 6.36. The van der Waals surface area contributed by atoms with E-state index in [1.54, 1.807) is 36.3 Å². The number of carbonyl (C=O) groups excluding carboxylic acids is 1. The standard InChI is InChI=1S/C27H26N2O3/c1-19-9-10-23(15-20(19)2)26-16-24(28-32-26)18-29(17-21-7-5-4-6-8-21)27(30)22-11-13-25(31-3)14-12-22/h4-16H,17-18H2,1-3H3. The average molecular weight is 427 g/mol. The lowest BCUT2D eigenvalue weighted by Gasteiger charge is -2.22. The summed E-state index contributed by atoms with van der Waals surface area (Å²) in [4.78, 5) is 15.1. The Morgan fingerprint density at radius 2 is 1.66 bits per heavy atom. The van der Waals surface area contributed by atoms with E-state index in [0.717, 1.165) is 11.1 Å². The molecule has 0 unspecified atom stereocenters. The highest BCUT2D eigenvalue weighted by Crippen LogP contribution is 2.24. The number of hydrogen-bond acceptors (Lipinski definition) is 4. The first-order chi connectivity index (χ1) is 15.5. The molecule has 0 bridgehead atoms. The summed E-state index contributed by atoms with van der Waals surface area (Å²) < 4.78 is 10.8. The lowest BCUT2D eigenvalue weighted by atomic mass is 10.0. The maximum Gasteiger partial charge on any atom is 0.254 e. The molecular weight excluding hydrogens is 400 g/mol. The number of ether oxygens (including phenoxy) is 1. The van der Waals surface area contributed by atoms with Crippen molar-refractivity contribution >= 4 is 5.91 Å². The number of aryl methyl sites for hydroxylation is 2. The molecule has 0 atom stereocenters. The largest absolute Gasteiger partial charge is 0.497 e. The van der Waals surface area contributed by atoms with E-state index in [4.69, 9.17) is 9.26 Å². The third-order valence-electron chi connectivity index (χ3n) is 5.54. The predicted octanol–water partition coefficient (Wildman–Crippen LogP) is 5.81. The van der Waals surface area contributed by atoms with Gasteiger partial charge in [-0.25, -0.2) is 0 Å². The Labute approximate surface area is 188 Å². The third-order valence-corrected chi connectivity index (χ3v) is 5.54. The van der Waals surface area contributed by atoms with E-state index >= 15 is 0 Å². The van der Waals surface area contributed by atoms with Gasteiger partial charge in [0.25, 0.3) is 5.91 Å². The van der Waals surface area contributed by atoms with Gasteiger partial charge in [-0.3, -0.25) is 4.79 Å². The van der Waals surface area contributed by atoms with E-state index in [1.807, 2.05) is 42.5 Å². The van der Waals surface area contributed by atoms with E-state index in [-0.39, 0.29) is 5.91 Å². The molecule has 0 N–H and O–H groups in total. The van der Waals surface area contributed by atoms with E-state index in [2.05, 4.69) is 31.1 Å². The second kappa shape index (κ2) is 9.52. The molecule has 0 fully saturated rings. The van der Waals surface area contributed by atoms with Gasteiger partial charge in [-0.2, -0.15) is 0 Å². The lowest BCUT2D eigenvalue weighted by Crippen LogP contribution is -2.30. The molecule has 4 aromatic rings. The first kappa shape index (κ1) is 21.4. The molecule has 0 aliphatic heterocycles. The number of carbonyl (C=O) groups is 1. The molecule has 1 aromatic heterocycles. The summed E-state index contributed by atoms with van der Waals surface area (Å²) in [7, 11) is 1.61. The Morgan fingerprint density at radius 3 is 2.34 bits per heavy atom. The number of hydrogen-bond donors (Lipinski definition) is 0. The molecule has 1 amide bonds. The van der Waals surface area contributed by atoms with E-state index < -0.39 is 0 Å². The van der Waals surface area contributed by atoms with Crippen LogP contribution in [0.3, 0.4) is 0 Å². The van der Waals surface area contributed by atoms with Crippen LogP contribution >= 0.6 is 0 Å². The maximum absolute atomic E-state index is 13.3. The van der Waals surface area contributed by atoms with Crippen molar-refractivity contribution in [3.8, 4) is 17.1 Å². The van der Waals surface area contributed by atoms with Crippen LogP contribution in [-0.4, -0.2) is 23.1 Å². The highest BCUT2D eigenvalue weighted by Gasteiger charge is 2.19. The molecule has 0 saturated carbocycles. The highest BCUT2D eigenvalue weighted by molar-refractivity contribution is 5.94. The Morgan fingerprint density at radius 1 is 0.906 bits per heavy atom. The fraction of sp³-hybridized carbons (Fsp3) is 0.185. The van der Waals surface area contributed by atoms with Crippen LogP contribution in [0.2, 0.25) is 0 Å². The van der Waals surface area contributed by atoms with Gasteiger partial charge in [0.2, 0.25) is 0 Å². The first-order valence-corrected chi connectivity index (χ1v) is 10.5. The fourth-order valence-corrected chi connectivity index (χ4v) is 3.53. The second-order valence-electron chi connectivity index (χ2n) is 7.86. The van der Waals surface area contributed by atoms with Crippen molar-refractivity contribution in [1.82, 2.24) is 10.1 Å². The zero-order valence-electron chi connectivity index (χ0n) is 18.5. The first-order valence-electron chi connectivity index (χ1n) is 10.5. The maximum atomic E-state index is 13.3. The van der Waals surface area contributed by atoms with E-state index in [0.29, 0.717) is 35.9 Å². The van der Waals surface area contributed by atoms with E-state index in [1.165, 1.54) is 11.1 Å². The molecule has 32 heavy (non-hydrogen) atoms. The SMILES string of the molecule is COc1ccc(C(=O)N(Cc2ccccc2)Cc2cc(-c3ccc(C)c(C)c3)on2)cc1. The van der Waals surface area contributed by atoms with Crippen molar-refractivity contribution in [2.45, 2.75) is 26.9 Å². The highest BCUT2D eigenvalue weighted by atomic mass is 16.5. The Balaban J connectivity index is 1.59. The second-order valence-corrected chi connectivity index (χ2v) is 7.86. The molecule has 4 rings (SSSR count). The van der Waals surface area contributed by atoms with Crippen LogP contribution in [-0.2, 0) is 13.1 Å². The quantitative estimate of drug-likeness (QED) is 0.374. The lowest BCUT2D eigenvalue weighted by molar-refractivity contribution is 0.0726. The summed E-state index contributed by atoms with van der Waals surface area (Å²) >= 11 is 0. The molecular formula is C27H26N2O3. The van der Waals surface area contributed by atoms with Crippen molar-refractivity contribution in [1.29, 1.82) is 0 Å². The van der Waals surface area contributed by atoms with Gasteiger partial charge in [-0.15, -0.1) is 0 Å². The third kappa shape index (κ3) is 4.89. The number of aromatic nitrogens is 1. The van der Waals surface area contributed by atoms with Crippen molar-refractivity contribution in [2.75, 3.05) is 7.11 Å². The van der Waals surface area contributed by atoms with Gasteiger partial charge in [0.1, 0.15) is 11.4 Å². The number of amides is 1. The zero-order valence-corrected chi connectivity index (χ0v) is 18.5. The van der Waals surface area contributed by atoms with Gasteiger partial charge in [0, 0.05) is 23.7 Å². The number of benzene rings is 3. The zero-order chi connectivity index (χ0) is 22.5. The van der Waals surface area contributed by atoms with Gasteiger partial charge in [0.05, 0.1) is 13.7 Å². The van der Waals surface area contributed by atoms with Crippen LogP contribution < -0.4 is 4.74 Å². The molecule has 5 heteroatoms. The summed E-state index contributed by atoms with van der Waals surface area (Å²) in [6.45, 7) is 4.97. The summed E-state index contributed by atoms with van der Waals surface area (Å²) in [6, 6.07) is 25.2. The van der Waals surface area contributed by atoms with E-state index in [9.17, 15) is 4.79 Å². The number of methoxy groups -OCH3 is 1. The van der Waals surface area contributed by atoms with Gasteiger partial charge in [-0.1, -0.05) is 47.6 Å². The topological polar surface area (TPSA) is 55.6 Å². The molecule has 0 spiro atoms. The summed E-state index contributed by atoms with van der Waals surface area (Å²) in [5.74, 6) is 1.33. The molecule has 5 nitrogen and oxygen atoms in total. The van der Waals surface area contributed by atoms with Crippen LogP contribution in [0, 0.1) is 13.8 Å². The van der Waals surface area contributed by atoms with Gasteiger partial charge < -0.3 is 14.2 Å². The summed E-state index contributed by atoms with van der Waals surface area (Å²) in [5.41, 5.74) is 5.75. The van der Waals surface area contributed by atoms with Crippen LogP contribution in [0.25, 0.3) is 11.3 Å². The average Bonchev–Trinajstić information content (AvgIpc) is 3.29. The Bertz CT molecular complexity index is 1200. The van der Waals surface area contributed by atoms with Gasteiger partial charge in [0.15, 0.2) is 5.76 Å². The molecule has 1 heterocycles. The fourth-order valence-electron chi connectivity index (χ4n) is 3.53. The predicted molar refractivity (Wildman–Crippen MR) is 124 cm³/mol.